The quantitative estimate of drug-likeness (QED) is 0.322. The topological polar surface area (TPSA) is 75.2 Å². The highest BCUT2D eigenvalue weighted by Crippen LogP contribution is 2.17. The van der Waals surface area contributed by atoms with E-state index in [1.165, 1.54) is 0 Å². The van der Waals surface area contributed by atoms with Gasteiger partial charge in [0.1, 0.15) is 0 Å². The minimum absolute atomic E-state index is 0. The minimum atomic E-state index is -0.0554. The molecule has 2 aliphatic heterocycles. The van der Waals surface area contributed by atoms with Crippen LogP contribution in [0.25, 0.3) is 0 Å². The summed E-state index contributed by atoms with van der Waals surface area (Å²) in [5, 5.41) is 6.12. The third-order valence-corrected chi connectivity index (χ3v) is 5.61. The van der Waals surface area contributed by atoms with Crippen LogP contribution in [0.3, 0.4) is 0 Å². The van der Waals surface area contributed by atoms with Crippen LogP contribution in [-0.4, -0.2) is 75.9 Å². The third-order valence-electron chi connectivity index (χ3n) is 5.61. The van der Waals surface area contributed by atoms with Crippen molar-refractivity contribution in [2.24, 2.45) is 4.99 Å². The fraction of sp³-hybridized carbons (Fsp3) is 0.636. The lowest BCUT2D eigenvalue weighted by Crippen LogP contribution is -2.47. The Balaban J connectivity index is 0.00000320. The van der Waals surface area contributed by atoms with Gasteiger partial charge in [0.25, 0.3) is 5.91 Å². The van der Waals surface area contributed by atoms with Crippen molar-refractivity contribution in [1.82, 2.24) is 15.5 Å². The van der Waals surface area contributed by atoms with Gasteiger partial charge < -0.3 is 25.0 Å². The third kappa shape index (κ3) is 7.39. The largest absolute Gasteiger partial charge is 0.376 e. The number of nitrogens with one attached hydrogen (secondary N) is 2. The Morgan fingerprint density at radius 2 is 2.10 bits per heavy atom. The van der Waals surface area contributed by atoms with Crippen LogP contribution in [0.5, 0.6) is 0 Å². The number of amides is 1. The number of benzene rings is 1. The smallest absolute Gasteiger partial charge is 0.251 e. The number of hydrogen-bond acceptors (Lipinski definition) is 4. The van der Waals surface area contributed by atoms with E-state index in [1.807, 2.05) is 31.3 Å². The van der Waals surface area contributed by atoms with Crippen LogP contribution in [0.15, 0.2) is 29.3 Å². The van der Waals surface area contributed by atoms with Gasteiger partial charge in [-0.3, -0.25) is 9.79 Å². The molecule has 3 rings (SSSR count). The van der Waals surface area contributed by atoms with E-state index in [2.05, 4.69) is 20.5 Å². The average molecular weight is 530 g/mol. The van der Waals surface area contributed by atoms with Gasteiger partial charge in [0.2, 0.25) is 0 Å². The summed E-state index contributed by atoms with van der Waals surface area (Å²) in [6.45, 7) is 4.28. The highest BCUT2D eigenvalue weighted by molar-refractivity contribution is 14.0. The van der Waals surface area contributed by atoms with Gasteiger partial charge in [-0.15, -0.1) is 24.0 Å². The van der Waals surface area contributed by atoms with E-state index in [4.69, 9.17) is 9.47 Å². The molecular formula is C22H35IN4O3. The van der Waals surface area contributed by atoms with Crippen LogP contribution in [0, 0.1) is 0 Å². The van der Waals surface area contributed by atoms with Gasteiger partial charge in [-0.25, -0.2) is 0 Å². The number of rotatable bonds is 7. The fourth-order valence-electron chi connectivity index (χ4n) is 3.92. The standard InChI is InChI=1S/C22H34N4O3.HI/c1-23-21(27)18-6-3-5-17(15-18)8-11-25-22(24-2)26-12-9-19(10-13-26)29-16-20-7-4-14-28-20;/h3,5-6,15,19-20H,4,7-14,16H2,1-2H3,(H,23,27)(H,24,25);1H. The summed E-state index contributed by atoms with van der Waals surface area (Å²) >= 11 is 0. The van der Waals surface area contributed by atoms with Crippen molar-refractivity contribution < 1.29 is 14.3 Å². The first kappa shape index (κ1) is 24.9. The molecule has 30 heavy (non-hydrogen) atoms. The Hall–Kier alpha value is -1.39. The number of aliphatic imine (C=N–C) groups is 1. The molecular weight excluding hydrogens is 495 g/mol. The summed E-state index contributed by atoms with van der Waals surface area (Å²) in [6.07, 6.45) is 5.77. The highest BCUT2D eigenvalue weighted by atomic mass is 127. The van der Waals surface area contributed by atoms with Gasteiger partial charge in [-0.2, -0.15) is 0 Å². The van der Waals surface area contributed by atoms with Gasteiger partial charge in [0.05, 0.1) is 18.8 Å². The number of carbonyl (C=O) groups excluding carboxylic acids is 1. The van der Waals surface area contributed by atoms with Crippen LogP contribution in [0.4, 0.5) is 0 Å². The Morgan fingerprint density at radius 3 is 2.77 bits per heavy atom. The number of carbonyl (C=O) groups is 1. The van der Waals surface area contributed by atoms with Crippen molar-refractivity contribution in [3.8, 4) is 0 Å². The van der Waals surface area contributed by atoms with Crippen molar-refractivity contribution in [2.75, 3.05) is 46.9 Å². The van der Waals surface area contributed by atoms with Gasteiger partial charge in [0, 0.05) is 45.9 Å². The molecule has 1 unspecified atom stereocenters. The zero-order chi connectivity index (χ0) is 20.5. The molecule has 2 N–H and O–H groups in total. The van der Waals surface area contributed by atoms with E-state index >= 15 is 0 Å². The Morgan fingerprint density at radius 1 is 1.30 bits per heavy atom. The molecule has 0 radical (unpaired) electrons. The molecule has 2 aliphatic rings. The molecule has 2 heterocycles. The Bertz CT molecular complexity index is 687. The molecule has 8 heteroatoms. The number of piperidine rings is 1. The van der Waals surface area contributed by atoms with E-state index in [0.717, 1.165) is 76.5 Å². The minimum Gasteiger partial charge on any atom is -0.376 e. The predicted octanol–water partition coefficient (Wildman–Crippen LogP) is 2.44. The Labute approximate surface area is 197 Å². The molecule has 1 atom stereocenters. The first-order valence-corrected chi connectivity index (χ1v) is 10.7. The average Bonchev–Trinajstić information content (AvgIpc) is 3.29. The van der Waals surface area contributed by atoms with Crippen molar-refractivity contribution in [2.45, 2.75) is 44.3 Å². The van der Waals surface area contributed by atoms with E-state index in [0.29, 0.717) is 17.8 Å². The number of nitrogens with zero attached hydrogens (tertiary/aromatic N) is 2. The lowest BCUT2D eigenvalue weighted by atomic mass is 10.1. The molecule has 2 fully saturated rings. The van der Waals surface area contributed by atoms with Crippen LogP contribution in [0.2, 0.25) is 0 Å². The normalized spacial score (nSPS) is 20.0. The molecule has 2 saturated heterocycles. The van der Waals surface area contributed by atoms with Gasteiger partial charge in [0.15, 0.2) is 5.96 Å². The lowest BCUT2D eigenvalue weighted by molar-refractivity contribution is -0.0367. The molecule has 0 bridgehead atoms. The van der Waals surface area contributed by atoms with Crippen LogP contribution in [-0.2, 0) is 15.9 Å². The predicted molar refractivity (Wildman–Crippen MR) is 130 cm³/mol. The maximum Gasteiger partial charge on any atom is 0.251 e. The second-order valence-electron chi connectivity index (χ2n) is 7.66. The molecule has 0 saturated carbocycles. The highest BCUT2D eigenvalue weighted by Gasteiger charge is 2.24. The summed E-state index contributed by atoms with van der Waals surface area (Å²) in [6, 6.07) is 7.75. The summed E-state index contributed by atoms with van der Waals surface area (Å²) in [7, 11) is 3.48. The number of guanidine groups is 1. The molecule has 1 aromatic carbocycles. The summed E-state index contributed by atoms with van der Waals surface area (Å²) in [5.41, 5.74) is 1.83. The van der Waals surface area contributed by atoms with Crippen LogP contribution < -0.4 is 10.6 Å². The van der Waals surface area contributed by atoms with Crippen LogP contribution in [0.1, 0.15) is 41.6 Å². The number of likely N-dealkylation sites (tertiary alicyclic amines) is 1. The van der Waals surface area contributed by atoms with Crippen molar-refractivity contribution >= 4 is 35.8 Å². The second kappa shape index (κ2) is 13.1. The van der Waals surface area contributed by atoms with E-state index < -0.39 is 0 Å². The molecule has 0 aliphatic carbocycles. The second-order valence-corrected chi connectivity index (χ2v) is 7.66. The van der Waals surface area contributed by atoms with Crippen molar-refractivity contribution in [3.63, 3.8) is 0 Å². The van der Waals surface area contributed by atoms with Crippen molar-refractivity contribution in [1.29, 1.82) is 0 Å². The van der Waals surface area contributed by atoms with Gasteiger partial charge >= 0.3 is 0 Å². The summed E-state index contributed by atoms with van der Waals surface area (Å²) in [5.74, 6) is 0.880. The molecule has 0 spiro atoms. The summed E-state index contributed by atoms with van der Waals surface area (Å²) < 4.78 is 11.7. The first-order valence-electron chi connectivity index (χ1n) is 10.7. The lowest BCUT2D eigenvalue weighted by Gasteiger charge is -2.34. The van der Waals surface area contributed by atoms with Crippen molar-refractivity contribution in [3.05, 3.63) is 35.4 Å². The van der Waals surface area contributed by atoms with E-state index in [1.54, 1.807) is 7.05 Å². The summed E-state index contributed by atoms with van der Waals surface area (Å²) in [4.78, 5) is 18.5. The van der Waals surface area contributed by atoms with E-state index in [-0.39, 0.29) is 29.9 Å². The molecule has 1 amide bonds. The Kier molecular flexibility index (Phi) is 10.9. The van der Waals surface area contributed by atoms with E-state index in [9.17, 15) is 4.79 Å². The monoisotopic (exact) mass is 530 g/mol. The first-order chi connectivity index (χ1) is 14.2. The SMILES string of the molecule is CN=C(NCCc1cccc(C(=O)NC)c1)N1CCC(OCC2CCCO2)CC1.I. The maximum atomic E-state index is 11.8. The number of hydrogen-bond donors (Lipinski definition) is 2. The fourth-order valence-corrected chi connectivity index (χ4v) is 3.92. The molecule has 168 valence electrons. The van der Waals surface area contributed by atoms with Crippen LogP contribution >= 0.6 is 24.0 Å². The van der Waals surface area contributed by atoms with Gasteiger partial charge in [-0.1, -0.05) is 12.1 Å². The number of halogens is 1. The zero-order valence-corrected chi connectivity index (χ0v) is 20.4. The molecule has 0 aromatic heterocycles. The molecule has 7 nitrogen and oxygen atoms in total. The number of ether oxygens (including phenoxy) is 2. The van der Waals surface area contributed by atoms with Gasteiger partial charge in [-0.05, 0) is 49.8 Å². The zero-order valence-electron chi connectivity index (χ0n) is 18.1. The maximum absolute atomic E-state index is 11.8. The molecule has 1 aromatic rings.